The Balaban J connectivity index is 2.10. The van der Waals surface area contributed by atoms with Gasteiger partial charge in [0.2, 0.25) is 0 Å². The summed E-state index contributed by atoms with van der Waals surface area (Å²) in [5.74, 6) is 0. The summed E-state index contributed by atoms with van der Waals surface area (Å²) in [6, 6.07) is 6.90. The molecule has 0 radical (unpaired) electrons. The molecular formula is C15H23BrN2O2. The van der Waals surface area contributed by atoms with Gasteiger partial charge in [-0.2, -0.15) is 0 Å². The van der Waals surface area contributed by atoms with Crippen molar-refractivity contribution in [1.82, 2.24) is 5.32 Å². The molecule has 1 aromatic carbocycles. The Bertz CT molecular complexity index is 428. The van der Waals surface area contributed by atoms with E-state index >= 15 is 0 Å². The molecule has 1 saturated heterocycles. The number of methoxy groups -OCH3 is 1. The minimum atomic E-state index is 0.413. The summed E-state index contributed by atoms with van der Waals surface area (Å²) in [7, 11) is 1.72. The molecule has 1 fully saturated rings. The Morgan fingerprint density at radius 2 is 2.35 bits per heavy atom. The van der Waals surface area contributed by atoms with Crippen LogP contribution in [0.15, 0.2) is 22.7 Å². The first-order valence-corrected chi connectivity index (χ1v) is 7.84. The average Bonchev–Trinajstić information content (AvgIpc) is 2.45. The van der Waals surface area contributed by atoms with Gasteiger partial charge in [0.15, 0.2) is 0 Å². The normalized spacial score (nSPS) is 19.4. The number of hydrogen-bond acceptors (Lipinski definition) is 4. The van der Waals surface area contributed by atoms with Gasteiger partial charge in [0.25, 0.3) is 0 Å². The number of benzene rings is 1. The maximum atomic E-state index is 5.53. The highest BCUT2D eigenvalue weighted by molar-refractivity contribution is 9.10. The van der Waals surface area contributed by atoms with E-state index in [1.54, 1.807) is 7.11 Å². The molecule has 0 saturated carbocycles. The summed E-state index contributed by atoms with van der Waals surface area (Å²) in [5.41, 5.74) is 2.61. The van der Waals surface area contributed by atoms with Crippen molar-refractivity contribution in [3.8, 4) is 0 Å². The van der Waals surface area contributed by atoms with Crippen LogP contribution < -0.4 is 10.2 Å². The Hall–Kier alpha value is -0.620. The highest BCUT2D eigenvalue weighted by Gasteiger charge is 2.21. The fourth-order valence-electron chi connectivity index (χ4n) is 2.44. The lowest BCUT2D eigenvalue weighted by molar-refractivity contribution is 0.0988. The van der Waals surface area contributed by atoms with Crippen molar-refractivity contribution in [3.63, 3.8) is 0 Å². The molecule has 1 atom stereocenters. The van der Waals surface area contributed by atoms with Gasteiger partial charge in [-0.05, 0) is 24.6 Å². The lowest BCUT2D eigenvalue weighted by Gasteiger charge is -2.36. The van der Waals surface area contributed by atoms with Crippen molar-refractivity contribution in [2.24, 2.45) is 0 Å². The molecule has 1 aliphatic rings. The molecule has 1 aliphatic heterocycles. The van der Waals surface area contributed by atoms with Crippen LogP contribution in [0.1, 0.15) is 12.5 Å². The second-order valence-corrected chi connectivity index (χ2v) is 5.98. The van der Waals surface area contributed by atoms with E-state index in [1.165, 1.54) is 11.3 Å². The molecule has 2 rings (SSSR count). The van der Waals surface area contributed by atoms with E-state index in [0.29, 0.717) is 6.04 Å². The number of anilines is 1. The van der Waals surface area contributed by atoms with Crippen molar-refractivity contribution in [2.45, 2.75) is 19.5 Å². The van der Waals surface area contributed by atoms with Crippen molar-refractivity contribution in [3.05, 3.63) is 28.2 Å². The molecule has 112 valence electrons. The van der Waals surface area contributed by atoms with Crippen LogP contribution in [0.25, 0.3) is 0 Å². The standard InChI is InChI=1S/C15H23BrN2O2/c1-12-11-20-8-6-18(12)15-9-14(16)4-3-13(15)10-17-5-7-19-2/h3-4,9,12,17H,5-8,10-11H2,1-2H3. The summed E-state index contributed by atoms with van der Waals surface area (Å²) in [6.45, 7) is 7.21. The maximum Gasteiger partial charge on any atom is 0.0668 e. The van der Waals surface area contributed by atoms with Crippen LogP contribution in [0.3, 0.4) is 0 Å². The first kappa shape index (κ1) is 15.8. The van der Waals surface area contributed by atoms with E-state index in [1.807, 2.05) is 0 Å². The average molecular weight is 343 g/mol. The van der Waals surface area contributed by atoms with Crippen molar-refractivity contribution < 1.29 is 9.47 Å². The molecule has 1 heterocycles. The largest absolute Gasteiger partial charge is 0.383 e. The van der Waals surface area contributed by atoms with E-state index in [4.69, 9.17) is 9.47 Å². The second-order valence-electron chi connectivity index (χ2n) is 5.06. The Morgan fingerprint density at radius 3 is 3.10 bits per heavy atom. The lowest BCUT2D eigenvalue weighted by atomic mass is 10.1. The number of morpholine rings is 1. The number of halogens is 1. The molecule has 5 heteroatoms. The molecule has 20 heavy (non-hydrogen) atoms. The zero-order chi connectivity index (χ0) is 14.4. The van der Waals surface area contributed by atoms with Gasteiger partial charge in [0, 0.05) is 42.9 Å². The fraction of sp³-hybridized carbons (Fsp3) is 0.600. The van der Waals surface area contributed by atoms with Crippen LogP contribution in [0.2, 0.25) is 0 Å². The predicted octanol–water partition coefficient (Wildman–Crippen LogP) is 2.41. The molecule has 1 aromatic rings. The van der Waals surface area contributed by atoms with Gasteiger partial charge in [-0.3, -0.25) is 0 Å². The summed E-state index contributed by atoms with van der Waals surface area (Å²) in [4.78, 5) is 2.43. The first-order chi connectivity index (χ1) is 9.72. The van der Waals surface area contributed by atoms with Crippen LogP contribution in [0.5, 0.6) is 0 Å². The zero-order valence-corrected chi connectivity index (χ0v) is 13.8. The monoisotopic (exact) mass is 342 g/mol. The quantitative estimate of drug-likeness (QED) is 0.805. The molecule has 0 spiro atoms. The van der Waals surface area contributed by atoms with E-state index in [0.717, 1.165) is 43.9 Å². The molecule has 1 N–H and O–H groups in total. The third-order valence-electron chi connectivity index (χ3n) is 3.52. The number of hydrogen-bond donors (Lipinski definition) is 1. The van der Waals surface area contributed by atoms with Gasteiger partial charge in [-0.25, -0.2) is 0 Å². The van der Waals surface area contributed by atoms with Gasteiger partial charge in [0.05, 0.1) is 19.8 Å². The van der Waals surface area contributed by atoms with Crippen molar-refractivity contribution in [1.29, 1.82) is 0 Å². The number of rotatable bonds is 6. The van der Waals surface area contributed by atoms with E-state index in [9.17, 15) is 0 Å². The van der Waals surface area contributed by atoms with Gasteiger partial charge < -0.3 is 19.7 Å². The summed E-state index contributed by atoms with van der Waals surface area (Å²) in [5, 5.41) is 3.42. The van der Waals surface area contributed by atoms with Crippen LogP contribution in [0.4, 0.5) is 5.69 Å². The van der Waals surface area contributed by atoms with Crippen LogP contribution in [0, 0.1) is 0 Å². The minimum Gasteiger partial charge on any atom is -0.383 e. The third-order valence-corrected chi connectivity index (χ3v) is 4.02. The third kappa shape index (κ3) is 4.19. The lowest BCUT2D eigenvalue weighted by Crippen LogP contribution is -2.44. The molecule has 0 aliphatic carbocycles. The van der Waals surface area contributed by atoms with Crippen molar-refractivity contribution >= 4 is 21.6 Å². The molecular weight excluding hydrogens is 320 g/mol. The highest BCUT2D eigenvalue weighted by Crippen LogP contribution is 2.28. The Labute approximate surface area is 129 Å². The molecule has 0 bridgehead atoms. The van der Waals surface area contributed by atoms with Crippen LogP contribution in [-0.4, -0.2) is 46.1 Å². The summed E-state index contributed by atoms with van der Waals surface area (Å²) in [6.07, 6.45) is 0. The highest BCUT2D eigenvalue weighted by atomic mass is 79.9. The van der Waals surface area contributed by atoms with Gasteiger partial charge in [-0.1, -0.05) is 22.0 Å². The topological polar surface area (TPSA) is 33.7 Å². The molecule has 0 aromatic heterocycles. The second kappa shape index (κ2) is 7.98. The van der Waals surface area contributed by atoms with Gasteiger partial charge >= 0.3 is 0 Å². The van der Waals surface area contributed by atoms with Crippen molar-refractivity contribution in [2.75, 3.05) is 44.9 Å². The smallest absolute Gasteiger partial charge is 0.0668 e. The van der Waals surface area contributed by atoms with Gasteiger partial charge in [-0.15, -0.1) is 0 Å². The maximum absolute atomic E-state index is 5.53. The van der Waals surface area contributed by atoms with Crippen LogP contribution in [-0.2, 0) is 16.0 Å². The Kier molecular flexibility index (Phi) is 6.29. The Morgan fingerprint density at radius 1 is 1.50 bits per heavy atom. The van der Waals surface area contributed by atoms with E-state index in [-0.39, 0.29) is 0 Å². The minimum absolute atomic E-state index is 0.413. The number of nitrogens with zero attached hydrogens (tertiary/aromatic N) is 1. The van der Waals surface area contributed by atoms with E-state index < -0.39 is 0 Å². The zero-order valence-electron chi connectivity index (χ0n) is 12.2. The first-order valence-electron chi connectivity index (χ1n) is 7.05. The number of ether oxygens (including phenoxy) is 2. The molecule has 0 amide bonds. The molecule has 1 unspecified atom stereocenters. The van der Waals surface area contributed by atoms with Gasteiger partial charge in [0.1, 0.15) is 0 Å². The SMILES string of the molecule is COCCNCc1ccc(Br)cc1N1CCOCC1C. The fourth-order valence-corrected chi connectivity index (χ4v) is 2.79. The molecule has 4 nitrogen and oxygen atoms in total. The van der Waals surface area contributed by atoms with Crippen LogP contribution >= 0.6 is 15.9 Å². The number of nitrogens with one attached hydrogen (secondary N) is 1. The summed E-state index contributed by atoms with van der Waals surface area (Å²) < 4.78 is 11.7. The van der Waals surface area contributed by atoms with E-state index in [2.05, 4.69) is 51.3 Å². The summed E-state index contributed by atoms with van der Waals surface area (Å²) >= 11 is 3.58. The predicted molar refractivity (Wildman–Crippen MR) is 85.4 cm³/mol.